The first kappa shape index (κ1) is 9.72. The average Bonchev–Trinajstić information content (AvgIpc) is 2.58. The summed E-state index contributed by atoms with van der Waals surface area (Å²) in [7, 11) is 0. The predicted molar refractivity (Wildman–Crippen MR) is 52.4 cm³/mol. The zero-order valence-electron chi connectivity index (χ0n) is 7.96. The molecule has 2 heterocycles. The van der Waals surface area contributed by atoms with Gasteiger partial charge in [0.25, 0.3) is 0 Å². The Labute approximate surface area is 86.1 Å². The second-order valence-electron chi connectivity index (χ2n) is 3.40. The van der Waals surface area contributed by atoms with E-state index in [1.165, 1.54) is 17.3 Å². The summed E-state index contributed by atoms with van der Waals surface area (Å²) in [4.78, 5) is 31.1. The summed E-state index contributed by atoms with van der Waals surface area (Å²) in [5, 5.41) is 0. The van der Waals surface area contributed by atoms with Gasteiger partial charge in [-0.15, -0.1) is 0 Å². The van der Waals surface area contributed by atoms with Crippen LogP contribution in [0.3, 0.4) is 0 Å². The summed E-state index contributed by atoms with van der Waals surface area (Å²) in [6, 6.07) is -0.160. The van der Waals surface area contributed by atoms with Crippen LogP contribution in [0.1, 0.15) is 16.8 Å². The van der Waals surface area contributed by atoms with E-state index < -0.39 is 0 Å². The Kier molecular flexibility index (Phi) is 2.42. The number of aldehydes is 1. The van der Waals surface area contributed by atoms with Crippen molar-refractivity contribution in [2.24, 2.45) is 5.73 Å². The highest BCUT2D eigenvalue weighted by molar-refractivity contribution is 5.94. The molecule has 0 aliphatic carbocycles. The fourth-order valence-electron chi connectivity index (χ4n) is 1.46. The van der Waals surface area contributed by atoms with E-state index in [0.717, 1.165) is 0 Å². The van der Waals surface area contributed by atoms with Crippen LogP contribution >= 0.6 is 0 Å². The van der Waals surface area contributed by atoms with Gasteiger partial charge in [0.2, 0.25) is 11.9 Å². The molecule has 0 spiro atoms. The summed E-state index contributed by atoms with van der Waals surface area (Å²) in [5.74, 6) is 0.222. The summed E-state index contributed by atoms with van der Waals surface area (Å²) in [5.41, 5.74) is 6.02. The Morgan fingerprint density at radius 1 is 1.47 bits per heavy atom. The third-order valence-corrected chi connectivity index (χ3v) is 2.19. The SMILES string of the molecule is NC1CC(=O)N(c2ncc(C=O)cn2)C1. The van der Waals surface area contributed by atoms with Crippen LogP contribution in [0.2, 0.25) is 0 Å². The first-order valence-electron chi connectivity index (χ1n) is 4.54. The van der Waals surface area contributed by atoms with E-state index in [-0.39, 0.29) is 11.9 Å². The third-order valence-electron chi connectivity index (χ3n) is 2.19. The van der Waals surface area contributed by atoms with Gasteiger partial charge < -0.3 is 5.73 Å². The number of carbonyl (C=O) groups excluding carboxylic acids is 2. The smallest absolute Gasteiger partial charge is 0.232 e. The highest BCUT2D eigenvalue weighted by Crippen LogP contribution is 2.15. The lowest BCUT2D eigenvalue weighted by Crippen LogP contribution is -2.29. The Morgan fingerprint density at radius 3 is 2.60 bits per heavy atom. The van der Waals surface area contributed by atoms with Gasteiger partial charge in [-0.1, -0.05) is 0 Å². The van der Waals surface area contributed by atoms with Crippen molar-refractivity contribution in [1.82, 2.24) is 9.97 Å². The lowest BCUT2D eigenvalue weighted by molar-refractivity contribution is -0.117. The maximum Gasteiger partial charge on any atom is 0.232 e. The summed E-state index contributed by atoms with van der Waals surface area (Å²) in [6.07, 6.45) is 3.74. The van der Waals surface area contributed by atoms with Crippen molar-refractivity contribution in [3.8, 4) is 0 Å². The minimum atomic E-state index is -0.160. The second-order valence-corrected chi connectivity index (χ2v) is 3.40. The topological polar surface area (TPSA) is 89.2 Å². The molecule has 6 heteroatoms. The highest BCUT2D eigenvalue weighted by Gasteiger charge is 2.29. The standard InChI is InChI=1S/C9H10N4O2/c10-7-1-8(15)13(4-7)9-11-2-6(5-14)3-12-9/h2-3,5,7H,1,4,10H2. The van der Waals surface area contributed by atoms with E-state index in [9.17, 15) is 9.59 Å². The van der Waals surface area contributed by atoms with Crippen LogP contribution in [0.5, 0.6) is 0 Å². The van der Waals surface area contributed by atoms with E-state index in [2.05, 4.69) is 9.97 Å². The van der Waals surface area contributed by atoms with Crippen LogP contribution in [-0.2, 0) is 4.79 Å². The van der Waals surface area contributed by atoms with Crippen LogP contribution in [0.15, 0.2) is 12.4 Å². The molecule has 1 amide bonds. The molecule has 0 aromatic carbocycles. The van der Waals surface area contributed by atoms with Gasteiger partial charge in [-0.2, -0.15) is 0 Å². The molecule has 1 fully saturated rings. The molecule has 6 nitrogen and oxygen atoms in total. The van der Waals surface area contributed by atoms with Crippen molar-refractivity contribution in [2.75, 3.05) is 11.4 Å². The fourth-order valence-corrected chi connectivity index (χ4v) is 1.46. The van der Waals surface area contributed by atoms with E-state index in [1.54, 1.807) is 0 Å². The molecule has 0 bridgehead atoms. The number of aromatic nitrogens is 2. The molecule has 1 aromatic rings. The van der Waals surface area contributed by atoms with E-state index in [4.69, 9.17) is 5.73 Å². The first-order valence-corrected chi connectivity index (χ1v) is 4.54. The molecular weight excluding hydrogens is 196 g/mol. The van der Waals surface area contributed by atoms with Gasteiger partial charge in [0.1, 0.15) is 0 Å². The molecule has 2 N–H and O–H groups in total. The molecule has 1 atom stereocenters. The first-order chi connectivity index (χ1) is 7.20. The largest absolute Gasteiger partial charge is 0.326 e. The quantitative estimate of drug-likeness (QED) is 0.649. The maximum atomic E-state index is 11.4. The molecule has 0 saturated carbocycles. The summed E-state index contributed by atoms with van der Waals surface area (Å²) >= 11 is 0. The van der Waals surface area contributed by atoms with Crippen LogP contribution in [-0.4, -0.2) is 34.7 Å². The van der Waals surface area contributed by atoms with Crippen LogP contribution < -0.4 is 10.6 Å². The molecule has 15 heavy (non-hydrogen) atoms. The van der Waals surface area contributed by atoms with Crippen molar-refractivity contribution in [3.63, 3.8) is 0 Å². The predicted octanol–water partition coefficient (Wildman–Crippen LogP) is -0.647. The molecule has 1 saturated heterocycles. The Balaban J connectivity index is 2.22. The highest BCUT2D eigenvalue weighted by atomic mass is 16.2. The molecule has 0 radical (unpaired) electrons. The molecular formula is C9H10N4O2. The van der Waals surface area contributed by atoms with Crippen molar-refractivity contribution in [3.05, 3.63) is 18.0 Å². The van der Waals surface area contributed by atoms with Gasteiger partial charge in [-0.3, -0.25) is 14.5 Å². The Morgan fingerprint density at radius 2 is 2.13 bits per heavy atom. The number of nitrogens with zero attached hydrogens (tertiary/aromatic N) is 3. The van der Waals surface area contributed by atoms with Crippen LogP contribution in [0.4, 0.5) is 5.95 Å². The number of amides is 1. The van der Waals surface area contributed by atoms with Crippen molar-refractivity contribution in [1.29, 1.82) is 0 Å². The van der Waals surface area contributed by atoms with Gasteiger partial charge in [-0.25, -0.2) is 9.97 Å². The fraction of sp³-hybridized carbons (Fsp3) is 0.333. The van der Waals surface area contributed by atoms with Gasteiger partial charge in [-0.05, 0) is 0 Å². The Hall–Kier alpha value is -1.82. The monoisotopic (exact) mass is 206 g/mol. The number of hydrogen-bond donors (Lipinski definition) is 1. The maximum absolute atomic E-state index is 11.4. The third kappa shape index (κ3) is 1.84. The van der Waals surface area contributed by atoms with E-state index >= 15 is 0 Å². The Bertz CT molecular complexity index is 390. The van der Waals surface area contributed by atoms with Gasteiger partial charge in [0.05, 0.1) is 5.56 Å². The zero-order valence-corrected chi connectivity index (χ0v) is 7.96. The molecule has 1 aliphatic rings. The number of nitrogens with two attached hydrogens (primary N) is 1. The molecule has 1 unspecified atom stereocenters. The number of rotatable bonds is 2. The van der Waals surface area contributed by atoms with Gasteiger partial charge in [0.15, 0.2) is 6.29 Å². The normalized spacial score (nSPS) is 20.7. The van der Waals surface area contributed by atoms with Crippen molar-refractivity contribution >= 4 is 18.1 Å². The van der Waals surface area contributed by atoms with E-state index in [0.29, 0.717) is 30.8 Å². The zero-order chi connectivity index (χ0) is 10.8. The average molecular weight is 206 g/mol. The van der Waals surface area contributed by atoms with Crippen molar-refractivity contribution < 1.29 is 9.59 Å². The van der Waals surface area contributed by atoms with Crippen LogP contribution in [0.25, 0.3) is 0 Å². The molecule has 1 aliphatic heterocycles. The lowest BCUT2D eigenvalue weighted by Gasteiger charge is -2.12. The van der Waals surface area contributed by atoms with E-state index in [1.807, 2.05) is 0 Å². The second kappa shape index (κ2) is 3.74. The number of anilines is 1. The summed E-state index contributed by atoms with van der Waals surface area (Å²) in [6.45, 7) is 0.430. The lowest BCUT2D eigenvalue weighted by atomic mass is 10.3. The van der Waals surface area contributed by atoms with Gasteiger partial charge in [0, 0.05) is 31.4 Å². The minimum absolute atomic E-state index is 0.0821. The molecule has 78 valence electrons. The number of hydrogen-bond acceptors (Lipinski definition) is 5. The summed E-state index contributed by atoms with van der Waals surface area (Å²) < 4.78 is 0. The van der Waals surface area contributed by atoms with Crippen LogP contribution in [0, 0.1) is 0 Å². The molecule has 1 aromatic heterocycles. The molecule has 2 rings (SSSR count). The van der Waals surface area contributed by atoms with Crippen molar-refractivity contribution in [2.45, 2.75) is 12.5 Å². The number of carbonyl (C=O) groups is 2. The van der Waals surface area contributed by atoms with Gasteiger partial charge >= 0.3 is 0 Å². The minimum Gasteiger partial charge on any atom is -0.326 e.